The summed E-state index contributed by atoms with van der Waals surface area (Å²) in [6.07, 6.45) is 3.50. The minimum atomic E-state index is 0.128. The number of phenolic OH excluding ortho intramolecular Hbond substituents is 1. The number of hydrogen-bond acceptors (Lipinski definition) is 2. The van der Waals surface area contributed by atoms with Gasteiger partial charge in [0, 0.05) is 12.5 Å². The highest BCUT2D eigenvalue weighted by atomic mass is 16.3. The molecule has 1 heterocycles. The lowest BCUT2D eigenvalue weighted by Crippen LogP contribution is -2.29. The summed E-state index contributed by atoms with van der Waals surface area (Å²) in [5, 5.41) is 13.7. The largest absolute Gasteiger partial charge is 0.508 e. The zero-order chi connectivity index (χ0) is 15.7. The third-order valence-corrected chi connectivity index (χ3v) is 4.52. The van der Waals surface area contributed by atoms with Gasteiger partial charge in [0.1, 0.15) is 5.75 Å². The van der Waals surface area contributed by atoms with Crippen LogP contribution in [0, 0.1) is 5.41 Å². The van der Waals surface area contributed by atoms with Crippen LogP contribution in [-0.2, 0) is 5.41 Å². The van der Waals surface area contributed by atoms with Crippen molar-refractivity contribution < 1.29 is 5.11 Å². The Morgan fingerprint density at radius 1 is 1.19 bits per heavy atom. The number of rotatable bonds is 3. The van der Waals surface area contributed by atoms with Gasteiger partial charge in [-0.05, 0) is 53.8 Å². The molecular formula is C19H31NO. The van der Waals surface area contributed by atoms with Crippen LogP contribution in [0.25, 0.3) is 0 Å². The van der Waals surface area contributed by atoms with Crippen LogP contribution >= 0.6 is 0 Å². The molecule has 0 aromatic heterocycles. The van der Waals surface area contributed by atoms with Gasteiger partial charge in [-0.2, -0.15) is 0 Å². The Labute approximate surface area is 130 Å². The van der Waals surface area contributed by atoms with Crippen molar-refractivity contribution in [3.05, 3.63) is 29.3 Å². The van der Waals surface area contributed by atoms with Gasteiger partial charge in [-0.3, -0.25) is 0 Å². The average molecular weight is 289 g/mol. The van der Waals surface area contributed by atoms with Crippen molar-refractivity contribution >= 4 is 0 Å². The van der Waals surface area contributed by atoms with E-state index in [2.05, 4.69) is 52.1 Å². The quantitative estimate of drug-likeness (QED) is 0.854. The number of nitrogens with one attached hydrogen (secondary N) is 1. The predicted octanol–water partition coefficient (Wildman–Crippen LogP) is 4.57. The number of benzene rings is 1. The van der Waals surface area contributed by atoms with Gasteiger partial charge in [0.05, 0.1) is 0 Å². The van der Waals surface area contributed by atoms with Crippen molar-refractivity contribution in [1.29, 1.82) is 0 Å². The Balaban J connectivity index is 2.29. The molecule has 1 atom stereocenters. The van der Waals surface area contributed by atoms with Crippen LogP contribution in [0.1, 0.15) is 70.9 Å². The van der Waals surface area contributed by atoms with Gasteiger partial charge >= 0.3 is 0 Å². The first kappa shape index (κ1) is 16.4. The monoisotopic (exact) mass is 289 g/mol. The molecule has 1 saturated heterocycles. The summed E-state index contributed by atoms with van der Waals surface area (Å²) in [6.45, 7) is 13.6. The number of piperidine rings is 1. The Hall–Kier alpha value is -1.02. The van der Waals surface area contributed by atoms with Crippen LogP contribution in [0.5, 0.6) is 5.75 Å². The summed E-state index contributed by atoms with van der Waals surface area (Å²) in [6, 6.07) is 6.24. The minimum absolute atomic E-state index is 0.128. The molecule has 1 fully saturated rings. The summed E-state index contributed by atoms with van der Waals surface area (Å²) in [7, 11) is 0. The van der Waals surface area contributed by atoms with Crippen LogP contribution in [0.2, 0.25) is 0 Å². The van der Waals surface area contributed by atoms with E-state index in [0.717, 1.165) is 25.1 Å². The molecule has 1 aliphatic rings. The van der Waals surface area contributed by atoms with Gasteiger partial charge in [0.2, 0.25) is 0 Å². The molecule has 21 heavy (non-hydrogen) atoms. The minimum Gasteiger partial charge on any atom is -0.508 e. The van der Waals surface area contributed by atoms with E-state index in [-0.39, 0.29) is 5.41 Å². The first-order valence-corrected chi connectivity index (χ1v) is 8.23. The molecule has 0 radical (unpaired) electrons. The molecule has 2 nitrogen and oxygen atoms in total. The molecule has 2 N–H and O–H groups in total. The number of phenols is 1. The van der Waals surface area contributed by atoms with Crippen LogP contribution in [0.3, 0.4) is 0 Å². The second-order valence-corrected chi connectivity index (χ2v) is 8.44. The highest BCUT2D eigenvalue weighted by molar-refractivity contribution is 5.41. The van der Waals surface area contributed by atoms with Gasteiger partial charge < -0.3 is 10.4 Å². The third kappa shape index (κ3) is 4.23. The second kappa shape index (κ2) is 6.00. The maximum Gasteiger partial charge on any atom is 0.119 e. The van der Waals surface area contributed by atoms with Crippen molar-refractivity contribution in [2.75, 3.05) is 13.1 Å². The maximum absolute atomic E-state index is 10.3. The topological polar surface area (TPSA) is 32.3 Å². The van der Waals surface area contributed by atoms with Crippen molar-refractivity contribution in [3.63, 3.8) is 0 Å². The van der Waals surface area contributed by atoms with Crippen molar-refractivity contribution in [1.82, 2.24) is 5.32 Å². The molecule has 0 aliphatic carbocycles. The Morgan fingerprint density at radius 2 is 1.90 bits per heavy atom. The van der Waals surface area contributed by atoms with E-state index in [1.165, 1.54) is 18.4 Å². The van der Waals surface area contributed by atoms with Gasteiger partial charge in [-0.15, -0.1) is 0 Å². The molecule has 118 valence electrons. The zero-order valence-corrected chi connectivity index (χ0v) is 14.3. The molecule has 0 saturated carbocycles. The Morgan fingerprint density at radius 3 is 2.48 bits per heavy atom. The predicted molar refractivity (Wildman–Crippen MR) is 90.0 cm³/mol. The lowest BCUT2D eigenvalue weighted by Gasteiger charge is -2.34. The highest BCUT2D eigenvalue weighted by Crippen LogP contribution is 2.39. The van der Waals surface area contributed by atoms with Gasteiger partial charge in [-0.25, -0.2) is 0 Å². The van der Waals surface area contributed by atoms with Gasteiger partial charge in [-0.1, -0.05) is 46.8 Å². The van der Waals surface area contributed by atoms with Gasteiger partial charge in [0.15, 0.2) is 0 Å². The summed E-state index contributed by atoms with van der Waals surface area (Å²) in [4.78, 5) is 0. The Kier molecular flexibility index (Phi) is 4.67. The molecule has 2 heteroatoms. The maximum atomic E-state index is 10.3. The molecule has 0 spiro atoms. The van der Waals surface area contributed by atoms with Crippen LogP contribution in [0.15, 0.2) is 18.2 Å². The normalized spacial score (nSPS) is 20.5. The summed E-state index contributed by atoms with van der Waals surface area (Å²) in [5.41, 5.74) is 2.90. The van der Waals surface area contributed by atoms with Crippen molar-refractivity contribution in [2.24, 2.45) is 5.41 Å². The fourth-order valence-corrected chi connectivity index (χ4v) is 3.85. The fourth-order valence-electron chi connectivity index (χ4n) is 3.85. The average Bonchev–Trinajstić information content (AvgIpc) is 2.37. The first-order chi connectivity index (χ1) is 9.69. The van der Waals surface area contributed by atoms with E-state index >= 15 is 0 Å². The second-order valence-electron chi connectivity index (χ2n) is 8.44. The van der Waals surface area contributed by atoms with E-state index in [0.29, 0.717) is 17.1 Å². The lowest BCUT2D eigenvalue weighted by molar-refractivity contribution is 0.283. The smallest absolute Gasteiger partial charge is 0.119 e. The SMILES string of the molecule is CC(C)(C)CC(C)(C)c1ccc(O)c(C2CCCNC2)c1. The first-order valence-electron chi connectivity index (χ1n) is 8.23. The van der Waals surface area contributed by atoms with E-state index in [1.807, 2.05) is 6.07 Å². The zero-order valence-electron chi connectivity index (χ0n) is 14.3. The van der Waals surface area contributed by atoms with E-state index in [9.17, 15) is 5.11 Å². The number of hydrogen-bond donors (Lipinski definition) is 2. The summed E-state index contributed by atoms with van der Waals surface area (Å²) >= 11 is 0. The molecule has 0 amide bonds. The van der Waals surface area contributed by atoms with E-state index in [1.54, 1.807) is 0 Å². The van der Waals surface area contributed by atoms with Gasteiger partial charge in [0.25, 0.3) is 0 Å². The van der Waals surface area contributed by atoms with Crippen molar-refractivity contribution in [2.45, 2.75) is 65.2 Å². The number of aromatic hydroxyl groups is 1. The third-order valence-electron chi connectivity index (χ3n) is 4.52. The van der Waals surface area contributed by atoms with Crippen LogP contribution in [-0.4, -0.2) is 18.2 Å². The molecule has 1 aromatic rings. The Bertz CT molecular complexity index is 479. The highest BCUT2D eigenvalue weighted by Gasteiger charge is 2.29. The molecule has 1 aliphatic heterocycles. The summed E-state index contributed by atoms with van der Waals surface area (Å²) < 4.78 is 0. The fraction of sp³-hybridized carbons (Fsp3) is 0.684. The molecule has 1 aromatic carbocycles. The summed E-state index contributed by atoms with van der Waals surface area (Å²) in [5.74, 6) is 0.906. The van der Waals surface area contributed by atoms with Crippen LogP contribution in [0.4, 0.5) is 0 Å². The molecule has 0 bridgehead atoms. The van der Waals surface area contributed by atoms with E-state index < -0.39 is 0 Å². The molecule has 1 unspecified atom stereocenters. The van der Waals surface area contributed by atoms with E-state index in [4.69, 9.17) is 0 Å². The van der Waals surface area contributed by atoms with Crippen LogP contribution < -0.4 is 5.32 Å². The molecule has 2 rings (SSSR count). The standard InChI is InChI=1S/C19H31NO/c1-18(2,3)13-19(4,5)15-8-9-17(21)16(11-15)14-7-6-10-20-12-14/h8-9,11,14,20-21H,6-7,10,12-13H2,1-5H3. The molecular weight excluding hydrogens is 258 g/mol. The lowest BCUT2D eigenvalue weighted by atomic mass is 9.71. The van der Waals surface area contributed by atoms with Crippen molar-refractivity contribution in [3.8, 4) is 5.75 Å².